The summed E-state index contributed by atoms with van der Waals surface area (Å²) >= 11 is 1.88. The van der Waals surface area contributed by atoms with Crippen LogP contribution in [-0.4, -0.2) is 17.5 Å². The topological polar surface area (TPSA) is 28.4 Å². The minimum Gasteiger partial charge on any atom is -0.468 e. The lowest BCUT2D eigenvalue weighted by atomic mass is 10.1. The first-order chi connectivity index (χ1) is 9.42. The maximum absolute atomic E-state index is 5.37. The molecule has 0 spiro atoms. The lowest BCUT2D eigenvalue weighted by Crippen LogP contribution is -2.34. The molecule has 4 heteroatoms. The Labute approximate surface area is 125 Å². The summed E-state index contributed by atoms with van der Waals surface area (Å²) in [6.45, 7) is 9.33. The molecule has 0 fully saturated rings. The molecule has 2 aromatic heterocycles. The van der Waals surface area contributed by atoms with E-state index in [4.69, 9.17) is 4.42 Å². The first kappa shape index (κ1) is 15.3. The zero-order valence-corrected chi connectivity index (χ0v) is 13.6. The molecule has 0 aliphatic heterocycles. The Hall–Kier alpha value is -1.10. The van der Waals surface area contributed by atoms with Crippen LogP contribution in [-0.2, 0) is 19.6 Å². The van der Waals surface area contributed by atoms with Crippen LogP contribution in [0.2, 0.25) is 0 Å². The Bertz CT molecular complexity index is 511. The van der Waals surface area contributed by atoms with Crippen LogP contribution in [0.15, 0.2) is 34.9 Å². The minimum atomic E-state index is 0.167. The fourth-order valence-electron chi connectivity index (χ4n) is 1.95. The highest BCUT2D eigenvalue weighted by Crippen LogP contribution is 2.19. The van der Waals surface area contributed by atoms with Gasteiger partial charge in [-0.05, 0) is 52.1 Å². The first-order valence-corrected chi connectivity index (χ1v) is 7.77. The van der Waals surface area contributed by atoms with Gasteiger partial charge in [0.05, 0.1) is 12.8 Å². The van der Waals surface area contributed by atoms with E-state index in [9.17, 15) is 0 Å². The zero-order valence-electron chi connectivity index (χ0n) is 12.8. The molecular formula is C16H24N2OS. The van der Waals surface area contributed by atoms with E-state index in [1.54, 1.807) is 6.26 Å². The van der Waals surface area contributed by atoms with Crippen LogP contribution < -0.4 is 5.32 Å². The van der Waals surface area contributed by atoms with Gasteiger partial charge in [0.1, 0.15) is 5.76 Å². The first-order valence-electron chi connectivity index (χ1n) is 6.96. The van der Waals surface area contributed by atoms with E-state index in [1.807, 2.05) is 23.5 Å². The van der Waals surface area contributed by atoms with Gasteiger partial charge in [-0.25, -0.2) is 0 Å². The number of rotatable bonds is 6. The van der Waals surface area contributed by atoms with E-state index in [1.165, 1.54) is 9.75 Å². The Morgan fingerprint density at radius 1 is 1.15 bits per heavy atom. The number of furan rings is 1. The summed E-state index contributed by atoms with van der Waals surface area (Å²) in [5.41, 5.74) is 0.167. The average molecular weight is 292 g/mol. The minimum absolute atomic E-state index is 0.167. The van der Waals surface area contributed by atoms with Crippen molar-refractivity contribution in [2.24, 2.45) is 0 Å². The van der Waals surface area contributed by atoms with Gasteiger partial charge in [0, 0.05) is 28.4 Å². The molecule has 3 nitrogen and oxygen atoms in total. The number of hydrogen-bond donors (Lipinski definition) is 1. The van der Waals surface area contributed by atoms with Gasteiger partial charge in [-0.3, -0.25) is 4.90 Å². The van der Waals surface area contributed by atoms with E-state index in [0.717, 1.165) is 25.4 Å². The van der Waals surface area contributed by atoms with Crippen molar-refractivity contribution in [3.63, 3.8) is 0 Å². The molecule has 1 N–H and O–H groups in total. The summed E-state index contributed by atoms with van der Waals surface area (Å²) in [7, 11) is 2.12. The molecule has 0 aromatic carbocycles. The van der Waals surface area contributed by atoms with Gasteiger partial charge >= 0.3 is 0 Å². The Kier molecular flexibility index (Phi) is 5.02. The van der Waals surface area contributed by atoms with Crippen molar-refractivity contribution in [3.05, 3.63) is 46.0 Å². The predicted molar refractivity (Wildman–Crippen MR) is 84.8 cm³/mol. The maximum Gasteiger partial charge on any atom is 0.117 e. The summed E-state index contributed by atoms with van der Waals surface area (Å²) in [5.74, 6) is 1.01. The van der Waals surface area contributed by atoms with Crippen molar-refractivity contribution in [1.82, 2.24) is 10.2 Å². The van der Waals surface area contributed by atoms with Crippen LogP contribution in [0.5, 0.6) is 0 Å². The van der Waals surface area contributed by atoms with Crippen molar-refractivity contribution < 1.29 is 4.42 Å². The largest absolute Gasteiger partial charge is 0.468 e. The highest BCUT2D eigenvalue weighted by atomic mass is 32.1. The monoisotopic (exact) mass is 292 g/mol. The van der Waals surface area contributed by atoms with E-state index in [0.29, 0.717) is 0 Å². The average Bonchev–Trinajstić information content (AvgIpc) is 2.97. The van der Waals surface area contributed by atoms with Gasteiger partial charge in [0.25, 0.3) is 0 Å². The number of hydrogen-bond acceptors (Lipinski definition) is 4. The van der Waals surface area contributed by atoms with Crippen LogP contribution in [0.1, 0.15) is 36.3 Å². The van der Waals surface area contributed by atoms with Gasteiger partial charge in [0.2, 0.25) is 0 Å². The summed E-state index contributed by atoms with van der Waals surface area (Å²) in [6.07, 6.45) is 1.73. The fraction of sp³-hybridized carbons (Fsp3) is 0.500. The van der Waals surface area contributed by atoms with Gasteiger partial charge in [-0.2, -0.15) is 0 Å². The molecule has 2 rings (SSSR count). The third-order valence-electron chi connectivity index (χ3n) is 2.94. The Balaban J connectivity index is 1.83. The zero-order chi connectivity index (χ0) is 14.6. The third kappa shape index (κ3) is 5.12. The van der Waals surface area contributed by atoms with Crippen molar-refractivity contribution in [2.45, 2.75) is 45.9 Å². The highest BCUT2D eigenvalue weighted by Gasteiger charge is 2.10. The highest BCUT2D eigenvalue weighted by molar-refractivity contribution is 7.11. The van der Waals surface area contributed by atoms with Crippen LogP contribution in [0.25, 0.3) is 0 Å². The second kappa shape index (κ2) is 6.57. The lowest BCUT2D eigenvalue weighted by molar-refractivity contribution is 0.290. The third-order valence-corrected chi connectivity index (χ3v) is 4.01. The van der Waals surface area contributed by atoms with Crippen LogP contribution in [0.3, 0.4) is 0 Å². The molecule has 0 unspecified atom stereocenters. The van der Waals surface area contributed by atoms with E-state index in [2.05, 4.69) is 50.2 Å². The quantitative estimate of drug-likeness (QED) is 0.876. The van der Waals surface area contributed by atoms with Crippen molar-refractivity contribution >= 4 is 11.3 Å². The molecule has 2 heterocycles. The number of nitrogens with one attached hydrogen (secondary N) is 1. The van der Waals surface area contributed by atoms with Crippen LogP contribution >= 0.6 is 11.3 Å². The molecule has 0 saturated carbocycles. The van der Waals surface area contributed by atoms with Crippen LogP contribution in [0, 0.1) is 0 Å². The summed E-state index contributed by atoms with van der Waals surface area (Å²) < 4.78 is 5.37. The normalized spacial score (nSPS) is 12.2. The SMILES string of the molecule is CN(Cc1ccco1)Cc1ccc(CNC(C)(C)C)s1. The molecule has 0 aliphatic rings. The molecule has 0 amide bonds. The number of nitrogens with zero attached hydrogens (tertiary/aromatic N) is 1. The predicted octanol–water partition coefficient (Wildman–Crippen LogP) is 3.86. The Morgan fingerprint density at radius 3 is 2.55 bits per heavy atom. The second-order valence-electron chi connectivity index (χ2n) is 6.22. The maximum atomic E-state index is 5.37. The van der Waals surface area contributed by atoms with Gasteiger partial charge in [-0.1, -0.05) is 0 Å². The molecule has 20 heavy (non-hydrogen) atoms. The Morgan fingerprint density at radius 2 is 1.90 bits per heavy atom. The summed E-state index contributed by atoms with van der Waals surface area (Å²) in [4.78, 5) is 5.05. The molecule has 0 bridgehead atoms. The lowest BCUT2D eigenvalue weighted by Gasteiger charge is -2.19. The molecule has 0 atom stereocenters. The summed E-state index contributed by atoms with van der Waals surface area (Å²) in [5, 5.41) is 3.52. The fourth-order valence-corrected chi connectivity index (χ4v) is 2.98. The van der Waals surface area contributed by atoms with Gasteiger partial charge in [-0.15, -0.1) is 11.3 Å². The number of thiophene rings is 1. The van der Waals surface area contributed by atoms with Crippen LogP contribution in [0.4, 0.5) is 0 Å². The molecule has 2 aromatic rings. The molecule has 0 radical (unpaired) electrons. The smallest absolute Gasteiger partial charge is 0.117 e. The van der Waals surface area contributed by atoms with Gasteiger partial charge in [0.15, 0.2) is 0 Å². The van der Waals surface area contributed by atoms with E-state index in [-0.39, 0.29) is 5.54 Å². The van der Waals surface area contributed by atoms with Crippen molar-refractivity contribution in [2.75, 3.05) is 7.05 Å². The van der Waals surface area contributed by atoms with E-state index < -0.39 is 0 Å². The van der Waals surface area contributed by atoms with Gasteiger partial charge < -0.3 is 9.73 Å². The molecule has 0 saturated heterocycles. The van der Waals surface area contributed by atoms with Crippen molar-refractivity contribution in [1.29, 1.82) is 0 Å². The molecular weight excluding hydrogens is 268 g/mol. The van der Waals surface area contributed by atoms with E-state index >= 15 is 0 Å². The standard InChI is InChI=1S/C16H24N2OS/c1-16(2,3)17-10-14-7-8-15(20-14)12-18(4)11-13-6-5-9-19-13/h5-9,17H,10-12H2,1-4H3. The molecule has 110 valence electrons. The second-order valence-corrected chi connectivity index (χ2v) is 7.48. The molecule has 0 aliphatic carbocycles. The summed E-state index contributed by atoms with van der Waals surface area (Å²) in [6, 6.07) is 8.40. The van der Waals surface area contributed by atoms with Crippen molar-refractivity contribution in [3.8, 4) is 0 Å².